The highest BCUT2D eigenvalue weighted by atomic mass is 16.1. The molecule has 21 heavy (non-hydrogen) atoms. The maximum atomic E-state index is 10.8. The van der Waals surface area contributed by atoms with E-state index in [4.69, 9.17) is 0 Å². The molecule has 2 N–H and O–H groups in total. The highest BCUT2D eigenvalue weighted by molar-refractivity contribution is 5.72. The predicted molar refractivity (Wildman–Crippen MR) is 79.6 cm³/mol. The lowest BCUT2D eigenvalue weighted by Gasteiger charge is -2.12. The molecule has 0 spiro atoms. The molecule has 0 aliphatic rings. The molecule has 1 amide bonds. The Labute approximate surface area is 123 Å². The summed E-state index contributed by atoms with van der Waals surface area (Å²) in [5, 5.41) is 15.3. The normalized spacial score (nSPS) is 12.0. The largest absolute Gasteiger partial charge is 0.356 e. The average molecular weight is 285 g/mol. The van der Waals surface area contributed by atoms with Crippen molar-refractivity contribution >= 4 is 11.6 Å². The fraction of sp³-hybridized carbons (Fsp3) is 0.400. The summed E-state index contributed by atoms with van der Waals surface area (Å²) in [6.07, 6.45) is 2.68. The Morgan fingerprint density at radius 2 is 2.29 bits per heavy atom. The molecule has 2 aromatic heterocycles. The van der Waals surface area contributed by atoms with E-state index in [9.17, 15) is 10.1 Å². The molecule has 0 saturated carbocycles. The van der Waals surface area contributed by atoms with Crippen molar-refractivity contribution in [3.63, 3.8) is 0 Å². The van der Waals surface area contributed by atoms with Crippen molar-refractivity contribution in [2.75, 3.05) is 13.1 Å². The van der Waals surface area contributed by atoms with Crippen LogP contribution in [-0.4, -0.2) is 28.4 Å². The van der Waals surface area contributed by atoms with Gasteiger partial charge in [0.15, 0.2) is 0 Å². The first kappa shape index (κ1) is 15.0. The molecule has 1 unspecified atom stereocenters. The van der Waals surface area contributed by atoms with Crippen LogP contribution in [0, 0.1) is 18.3 Å². The number of rotatable bonds is 6. The van der Waals surface area contributed by atoms with Gasteiger partial charge in [-0.25, -0.2) is 4.98 Å². The lowest BCUT2D eigenvalue weighted by molar-refractivity contribution is -0.118. The van der Waals surface area contributed by atoms with Crippen molar-refractivity contribution in [3.05, 3.63) is 35.8 Å². The SMILES string of the molecule is CC(=O)NCCCNC(C#N)c1c(C)nc2ccccn12. The smallest absolute Gasteiger partial charge is 0.216 e. The number of nitriles is 1. The summed E-state index contributed by atoms with van der Waals surface area (Å²) in [5.41, 5.74) is 2.56. The van der Waals surface area contributed by atoms with Gasteiger partial charge in [0.2, 0.25) is 5.91 Å². The van der Waals surface area contributed by atoms with E-state index < -0.39 is 6.04 Å². The Bertz CT molecular complexity index is 670. The van der Waals surface area contributed by atoms with E-state index >= 15 is 0 Å². The summed E-state index contributed by atoms with van der Waals surface area (Å²) in [4.78, 5) is 15.2. The number of hydrogen-bond donors (Lipinski definition) is 2. The number of carbonyl (C=O) groups is 1. The number of imidazole rings is 1. The number of aryl methyl sites for hydroxylation is 1. The molecule has 0 radical (unpaired) electrons. The molecule has 0 bridgehead atoms. The van der Waals surface area contributed by atoms with Gasteiger partial charge in [0, 0.05) is 19.7 Å². The van der Waals surface area contributed by atoms with Gasteiger partial charge >= 0.3 is 0 Å². The van der Waals surface area contributed by atoms with Gasteiger partial charge in [-0.1, -0.05) is 6.07 Å². The number of aromatic nitrogens is 2. The van der Waals surface area contributed by atoms with Crippen LogP contribution in [-0.2, 0) is 4.79 Å². The van der Waals surface area contributed by atoms with Gasteiger partial charge in [0.05, 0.1) is 17.5 Å². The lowest BCUT2D eigenvalue weighted by Crippen LogP contribution is -2.27. The summed E-state index contributed by atoms with van der Waals surface area (Å²) in [7, 11) is 0. The first-order valence-electron chi connectivity index (χ1n) is 6.94. The molecule has 6 heteroatoms. The summed E-state index contributed by atoms with van der Waals surface area (Å²) in [6.45, 7) is 4.66. The first-order chi connectivity index (χ1) is 10.1. The molecule has 0 aliphatic heterocycles. The van der Waals surface area contributed by atoms with E-state index in [-0.39, 0.29) is 5.91 Å². The Hall–Kier alpha value is -2.39. The highest BCUT2D eigenvalue weighted by Gasteiger charge is 2.18. The summed E-state index contributed by atoms with van der Waals surface area (Å²) < 4.78 is 1.93. The van der Waals surface area contributed by atoms with Gasteiger partial charge in [-0.2, -0.15) is 5.26 Å². The second kappa shape index (κ2) is 6.86. The molecule has 0 aromatic carbocycles. The van der Waals surface area contributed by atoms with Crippen LogP contribution in [0.25, 0.3) is 5.65 Å². The Morgan fingerprint density at radius 3 is 3.00 bits per heavy atom. The van der Waals surface area contributed by atoms with Gasteiger partial charge in [0.25, 0.3) is 0 Å². The van der Waals surface area contributed by atoms with Crippen LogP contribution in [0.5, 0.6) is 0 Å². The van der Waals surface area contributed by atoms with Crippen molar-refractivity contribution in [2.45, 2.75) is 26.3 Å². The van der Waals surface area contributed by atoms with Crippen LogP contribution in [0.2, 0.25) is 0 Å². The molecule has 6 nitrogen and oxygen atoms in total. The summed E-state index contributed by atoms with van der Waals surface area (Å²) in [5.74, 6) is -0.0375. The van der Waals surface area contributed by atoms with E-state index in [0.717, 1.165) is 23.5 Å². The second-order valence-corrected chi connectivity index (χ2v) is 4.86. The van der Waals surface area contributed by atoms with Crippen LogP contribution >= 0.6 is 0 Å². The highest BCUT2D eigenvalue weighted by Crippen LogP contribution is 2.19. The number of carbonyl (C=O) groups excluding carboxylic acids is 1. The van der Waals surface area contributed by atoms with E-state index in [0.29, 0.717) is 13.1 Å². The van der Waals surface area contributed by atoms with Crippen molar-refractivity contribution in [2.24, 2.45) is 0 Å². The molecule has 1 atom stereocenters. The average Bonchev–Trinajstić information content (AvgIpc) is 2.79. The maximum absolute atomic E-state index is 10.8. The van der Waals surface area contributed by atoms with E-state index in [2.05, 4.69) is 21.7 Å². The second-order valence-electron chi connectivity index (χ2n) is 4.86. The molecule has 2 heterocycles. The molecule has 2 aromatic rings. The van der Waals surface area contributed by atoms with Crippen LogP contribution in [0.4, 0.5) is 0 Å². The zero-order chi connectivity index (χ0) is 15.2. The number of amides is 1. The monoisotopic (exact) mass is 285 g/mol. The molecule has 0 saturated heterocycles. The third-order valence-corrected chi connectivity index (χ3v) is 3.23. The van der Waals surface area contributed by atoms with Crippen molar-refractivity contribution in [3.8, 4) is 6.07 Å². The van der Waals surface area contributed by atoms with E-state index in [1.807, 2.05) is 35.7 Å². The number of nitrogens with zero attached hydrogens (tertiary/aromatic N) is 3. The summed E-state index contributed by atoms with van der Waals surface area (Å²) >= 11 is 0. The molecular formula is C15H19N5O. The van der Waals surface area contributed by atoms with Gasteiger partial charge in [-0.15, -0.1) is 0 Å². The van der Waals surface area contributed by atoms with Crippen LogP contribution < -0.4 is 10.6 Å². The quantitative estimate of drug-likeness (QED) is 0.784. The Balaban J connectivity index is 2.05. The fourth-order valence-corrected chi connectivity index (χ4v) is 2.28. The molecule has 2 rings (SSSR count). The Kier molecular flexibility index (Phi) is 4.90. The topological polar surface area (TPSA) is 82.2 Å². The predicted octanol–water partition coefficient (Wildman–Crippen LogP) is 1.32. The van der Waals surface area contributed by atoms with Crippen LogP contribution in [0.3, 0.4) is 0 Å². The fourth-order valence-electron chi connectivity index (χ4n) is 2.28. The number of hydrogen-bond acceptors (Lipinski definition) is 4. The zero-order valence-corrected chi connectivity index (χ0v) is 12.3. The molecule has 110 valence electrons. The third kappa shape index (κ3) is 3.58. The lowest BCUT2D eigenvalue weighted by atomic mass is 10.2. The molecular weight excluding hydrogens is 266 g/mol. The van der Waals surface area contributed by atoms with Crippen molar-refractivity contribution in [1.82, 2.24) is 20.0 Å². The van der Waals surface area contributed by atoms with E-state index in [1.165, 1.54) is 6.92 Å². The molecule has 0 aliphatic carbocycles. The van der Waals surface area contributed by atoms with Gasteiger partial charge in [-0.05, 0) is 32.0 Å². The standard InChI is InChI=1S/C15H19N5O/c1-11-15(20-9-4-3-6-14(20)19-11)13(10-16)18-8-5-7-17-12(2)21/h3-4,6,9,13,18H,5,7-8H2,1-2H3,(H,17,21). The maximum Gasteiger partial charge on any atom is 0.216 e. The number of nitrogens with one attached hydrogen (secondary N) is 2. The van der Waals surface area contributed by atoms with Crippen molar-refractivity contribution in [1.29, 1.82) is 5.26 Å². The first-order valence-corrected chi connectivity index (χ1v) is 6.94. The molecule has 0 fully saturated rings. The minimum atomic E-state index is -0.417. The minimum Gasteiger partial charge on any atom is -0.356 e. The van der Waals surface area contributed by atoms with Gasteiger partial charge < -0.3 is 9.72 Å². The van der Waals surface area contributed by atoms with Crippen molar-refractivity contribution < 1.29 is 4.79 Å². The van der Waals surface area contributed by atoms with Crippen LogP contribution in [0.15, 0.2) is 24.4 Å². The number of fused-ring (bicyclic) bond motifs is 1. The van der Waals surface area contributed by atoms with Gasteiger partial charge in [-0.3, -0.25) is 10.1 Å². The Morgan fingerprint density at radius 1 is 1.48 bits per heavy atom. The van der Waals surface area contributed by atoms with Crippen LogP contribution in [0.1, 0.15) is 30.8 Å². The van der Waals surface area contributed by atoms with E-state index in [1.54, 1.807) is 0 Å². The third-order valence-electron chi connectivity index (χ3n) is 3.23. The zero-order valence-electron chi connectivity index (χ0n) is 12.3. The minimum absolute atomic E-state index is 0.0375. The number of pyridine rings is 1. The summed E-state index contributed by atoms with van der Waals surface area (Å²) in [6, 6.07) is 7.62. The van der Waals surface area contributed by atoms with Gasteiger partial charge in [0.1, 0.15) is 11.7 Å².